The summed E-state index contributed by atoms with van der Waals surface area (Å²) in [5.74, 6) is -0.167. The number of benzene rings is 1. The second-order valence-electron chi connectivity index (χ2n) is 8.64. The minimum Gasteiger partial charge on any atom is -0.332 e. The highest BCUT2D eigenvalue weighted by Gasteiger charge is 2.32. The van der Waals surface area contributed by atoms with Crippen molar-refractivity contribution in [2.45, 2.75) is 51.6 Å². The molecule has 1 aliphatic rings. The third kappa shape index (κ3) is 4.03. The highest BCUT2D eigenvalue weighted by Crippen LogP contribution is 2.22. The molecule has 1 fully saturated rings. The molecule has 1 aliphatic heterocycles. The molecule has 0 radical (unpaired) electrons. The molecule has 156 valence electrons. The summed E-state index contributed by atoms with van der Waals surface area (Å²) in [6.45, 7) is 7.19. The Morgan fingerprint density at radius 1 is 1.10 bits per heavy atom. The molecule has 1 aromatic carbocycles. The highest BCUT2D eigenvalue weighted by atomic mass is 16.2. The predicted molar refractivity (Wildman–Crippen MR) is 113 cm³/mol. The Morgan fingerprint density at radius 3 is 2.60 bits per heavy atom. The van der Waals surface area contributed by atoms with E-state index in [1.807, 2.05) is 30.3 Å². The molecule has 1 saturated heterocycles. The molecule has 0 N–H and O–H groups in total. The quantitative estimate of drug-likeness (QED) is 0.664. The lowest BCUT2D eigenvalue weighted by Gasteiger charge is -2.25. The van der Waals surface area contributed by atoms with Gasteiger partial charge >= 0.3 is 0 Å². The van der Waals surface area contributed by atoms with Crippen LogP contribution in [0.4, 0.5) is 0 Å². The molecule has 0 spiro atoms. The number of likely N-dealkylation sites (tertiary alicyclic amines) is 1. The third-order valence-corrected chi connectivity index (χ3v) is 5.35. The lowest BCUT2D eigenvalue weighted by atomic mass is 9.92. The van der Waals surface area contributed by atoms with E-state index in [9.17, 15) is 9.59 Å². The fourth-order valence-electron chi connectivity index (χ4n) is 3.67. The Balaban J connectivity index is 1.54. The van der Waals surface area contributed by atoms with Gasteiger partial charge in [-0.3, -0.25) is 9.59 Å². The normalized spacial score (nSPS) is 16.8. The van der Waals surface area contributed by atoms with Gasteiger partial charge in [-0.1, -0.05) is 39.0 Å². The summed E-state index contributed by atoms with van der Waals surface area (Å²) < 4.78 is 1.48. The van der Waals surface area contributed by atoms with E-state index in [0.29, 0.717) is 18.8 Å². The molecule has 2 aromatic heterocycles. The number of amides is 1. The van der Waals surface area contributed by atoms with Gasteiger partial charge in [0, 0.05) is 18.0 Å². The van der Waals surface area contributed by atoms with Gasteiger partial charge in [-0.15, -0.1) is 5.10 Å². The summed E-state index contributed by atoms with van der Waals surface area (Å²) in [6, 6.07) is 12.7. The Morgan fingerprint density at radius 2 is 1.87 bits per heavy atom. The van der Waals surface area contributed by atoms with Crippen molar-refractivity contribution in [1.82, 2.24) is 29.7 Å². The minimum atomic E-state index is -0.167. The van der Waals surface area contributed by atoms with Gasteiger partial charge in [-0.2, -0.15) is 15.0 Å². The first-order chi connectivity index (χ1) is 14.3. The number of hydrogen-bond donors (Lipinski definition) is 0. The lowest BCUT2D eigenvalue weighted by molar-refractivity contribution is 0.0713. The molecule has 3 aromatic rings. The SMILES string of the molecule is CC(C)(C)c1ccc(=O)n(CC2CCCN2C(=O)c2cnn(-c3ccccc3)n2)n1. The van der Waals surface area contributed by atoms with E-state index in [4.69, 9.17) is 0 Å². The Labute approximate surface area is 175 Å². The smallest absolute Gasteiger partial charge is 0.276 e. The van der Waals surface area contributed by atoms with Crippen molar-refractivity contribution < 1.29 is 4.79 Å². The fourth-order valence-corrected chi connectivity index (χ4v) is 3.67. The average molecular weight is 406 g/mol. The van der Waals surface area contributed by atoms with Crippen LogP contribution in [0.3, 0.4) is 0 Å². The van der Waals surface area contributed by atoms with Gasteiger partial charge in [0.05, 0.1) is 30.2 Å². The van der Waals surface area contributed by atoms with Crippen molar-refractivity contribution in [2.75, 3.05) is 6.54 Å². The number of aromatic nitrogens is 5. The van der Waals surface area contributed by atoms with Gasteiger partial charge in [0.2, 0.25) is 0 Å². The monoisotopic (exact) mass is 406 g/mol. The molecule has 1 atom stereocenters. The molecule has 0 saturated carbocycles. The third-order valence-electron chi connectivity index (χ3n) is 5.35. The van der Waals surface area contributed by atoms with Crippen molar-refractivity contribution >= 4 is 5.91 Å². The second kappa shape index (κ2) is 7.85. The molecular weight excluding hydrogens is 380 g/mol. The van der Waals surface area contributed by atoms with Crippen LogP contribution in [-0.2, 0) is 12.0 Å². The van der Waals surface area contributed by atoms with Crippen molar-refractivity contribution in [2.24, 2.45) is 0 Å². The molecular formula is C22H26N6O2. The summed E-state index contributed by atoms with van der Waals surface area (Å²) >= 11 is 0. The van der Waals surface area contributed by atoms with Crippen LogP contribution < -0.4 is 5.56 Å². The number of nitrogens with zero attached hydrogens (tertiary/aromatic N) is 6. The van der Waals surface area contributed by atoms with Crippen LogP contribution in [0.1, 0.15) is 49.8 Å². The van der Waals surface area contributed by atoms with Crippen molar-refractivity contribution in [3.05, 3.63) is 70.4 Å². The second-order valence-corrected chi connectivity index (χ2v) is 8.64. The molecule has 8 heteroatoms. The van der Waals surface area contributed by atoms with Gasteiger partial charge in [-0.25, -0.2) is 4.68 Å². The van der Waals surface area contributed by atoms with Crippen LogP contribution in [0, 0.1) is 0 Å². The van der Waals surface area contributed by atoms with E-state index < -0.39 is 0 Å². The maximum absolute atomic E-state index is 13.1. The van der Waals surface area contributed by atoms with Crippen LogP contribution in [0.5, 0.6) is 0 Å². The first-order valence-electron chi connectivity index (χ1n) is 10.2. The van der Waals surface area contributed by atoms with E-state index in [1.165, 1.54) is 15.7 Å². The van der Waals surface area contributed by atoms with E-state index >= 15 is 0 Å². The summed E-state index contributed by atoms with van der Waals surface area (Å²) in [5, 5.41) is 13.1. The van der Waals surface area contributed by atoms with E-state index in [1.54, 1.807) is 17.0 Å². The van der Waals surface area contributed by atoms with Crippen LogP contribution >= 0.6 is 0 Å². The lowest BCUT2D eigenvalue weighted by Crippen LogP contribution is -2.41. The van der Waals surface area contributed by atoms with Gasteiger partial charge in [0.15, 0.2) is 5.69 Å². The topological polar surface area (TPSA) is 85.9 Å². The predicted octanol–water partition coefficient (Wildman–Crippen LogP) is 2.43. The van der Waals surface area contributed by atoms with Gasteiger partial charge in [0.1, 0.15) is 0 Å². The standard InChI is InChI=1S/C22H26N6O2/c1-22(2,3)19-11-12-20(29)27(25-19)15-17-10-7-13-26(17)21(30)18-14-23-28(24-18)16-8-5-4-6-9-16/h4-6,8-9,11-12,14,17H,7,10,13,15H2,1-3H3. The Bertz CT molecular complexity index is 1100. The van der Waals surface area contributed by atoms with Crippen LogP contribution in [0.2, 0.25) is 0 Å². The molecule has 4 rings (SSSR count). The minimum absolute atomic E-state index is 0.0974. The van der Waals surface area contributed by atoms with E-state index in [-0.39, 0.29) is 22.9 Å². The van der Waals surface area contributed by atoms with Crippen molar-refractivity contribution in [1.29, 1.82) is 0 Å². The number of hydrogen-bond acceptors (Lipinski definition) is 5. The molecule has 30 heavy (non-hydrogen) atoms. The maximum Gasteiger partial charge on any atom is 0.276 e. The molecule has 0 bridgehead atoms. The van der Waals surface area contributed by atoms with Crippen molar-refractivity contribution in [3.8, 4) is 5.69 Å². The first-order valence-corrected chi connectivity index (χ1v) is 10.2. The number of para-hydroxylation sites is 1. The maximum atomic E-state index is 13.1. The molecule has 8 nitrogen and oxygen atoms in total. The van der Waals surface area contributed by atoms with E-state index in [2.05, 4.69) is 36.1 Å². The van der Waals surface area contributed by atoms with Gasteiger partial charge in [-0.05, 0) is 31.0 Å². The van der Waals surface area contributed by atoms with Gasteiger partial charge < -0.3 is 4.90 Å². The summed E-state index contributed by atoms with van der Waals surface area (Å²) in [5.41, 5.74) is 1.64. The molecule has 1 unspecified atom stereocenters. The summed E-state index contributed by atoms with van der Waals surface area (Å²) in [6.07, 6.45) is 3.21. The zero-order valence-corrected chi connectivity index (χ0v) is 17.5. The van der Waals surface area contributed by atoms with Crippen LogP contribution in [-0.4, -0.2) is 48.2 Å². The Kier molecular flexibility index (Phi) is 5.24. The first kappa shape index (κ1) is 20.0. The van der Waals surface area contributed by atoms with Gasteiger partial charge in [0.25, 0.3) is 11.5 Å². The highest BCUT2D eigenvalue weighted by molar-refractivity contribution is 5.92. The average Bonchev–Trinajstić information content (AvgIpc) is 3.39. The van der Waals surface area contributed by atoms with E-state index in [0.717, 1.165) is 24.2 Å². The number of rotatable bonds is 4. The van der Waals surface area contributed by atoms with Crippen LogP contribution in [0.15, 0.2) is 53.5 Å². The van der Waals surface area contributed by atoms with Crippen LogP contribution in [0.25, 0.3) is 5.69 Å². The number of carbonyl (C=O) groups is 1. The largest absolute Gasteiger partial charge is 0.332 e. The zero-order chi connectivity index (χ0) is 21.3. The molecule has 0 aliphatic carbocycles. The Hall–Kier alpha value is -3.29. The number of carbonyl (C=O) groups excluding carboxylic acids is 1. The zero-order valence-electron chi connectivity index (χ0n) is 17.5. The molecule has 3 heterocycles. The summed E-state index contributed by atoms with van der Waals surface area (Å²) in [4.78, 5) is 28.7. The molecule has 1 amide bonds. The summed E-state index contributed by atoms with van der Waals surface area (Å²) in [7, 11) is 0. The van der Waals surface area contributed by atoms with Crippen molar-refractivity contribution in [3.63, 3.8) is 0 Å². The fraction of sp³-hybridized carbons (Fsp3) is 0.409.